The molecule has 3 aliphatic heterocycles. The van der Waals surface area contributed by atoms with Crippen LogP contribution in [0, 0.1) is 0 Å². The molecule has 4 heterocycles. The van der Waals surface area contributed by atoms with Crippen LogP contribution in [-0.4, -0.2) is 59.9 Å². The van der Waals surface area contributed by atoms with E-state index in [9.17, 15) is 9.90 Å². The summed E-state index contributed by atoms with van der Waals surface area (Å²) in [5.41, 5.74) is 0.197. The molecule has 0 aliphatic carbocycles. The Morgan fingerprint density at radius 3 is 2.17 bits per heavy atom. The van der Waals surface area contributed by atoms with Crippen molar-refractivity contribution in [1.82, 2.24) is 9.55 Å². The fourth-order valence-electron chi connectivity index (χ4n) is 6.75. The fraction of sp³-hybridized carbons (Fsp3) is 0.243. The predicted molar refractivity (Wildman–Crippen MR) is 175 cm³/mol. The van der Waals surface area contributed by atoms with Gasteiger partial charge in [0.05, 0.1) is 39.3 Å². The van der Waals surface area contributed by atoms with Crippen LogP contribution in [0.1, 0.15) is 22.9 Å². The molecule has 11 heteroatoms. The van der Waals surface area contributed by atoms with Crippen LogP contribution < -0.4 is 25.2 Å². The minimum absolute atomic E-state index is 0.0595. The van der Waals surface area contributed by atoms with E-state index < -0.39 is 35.3 Å². The second-order valence-corrected chi connectivity index (χ2v) is 12.0. The molecule has 244 valence electrons. The maximum atomic E-state index is 13.3. The molecule has 48 heavy (non-hydrogen) atoms. The van der Waals surface area contributed by atoms with E-state index in [2.05, 4.69) is 10.3 Å². The first-order valence-electron chi connectivity index (χ1n) is 15.6. The van der Waals surface area contributed by atoms with Crippen molar-refractivity contribution in [3.8, 4) is 23.0 Å². The smallest absolute Gasteiger partial charge is 0.351 e. The average molecular weight is 648 g/mol. The number of hydrogen-bond acceptors (Lipinski definition) is 10. The first-order chi connectivity index (χ1) is 23.4. The molecule has 2 fully saturated rings. The minimum atomic E-state index is -1.30. The summed E-state index contributed by atoms with van der Waals surface area (Å²) in [7, 11) is 3.24. The Bertz CT molecular complexity index is 1950. The highest BCUT2D eigenvalue weighted by Crippen LogP contribution is 2.49. The summed E-state index contributed by atoms with van der Waals surface area (Å²) < 4.78 is 38.0. The molecule has 4 aromatic carbocycles. The predicted octanol–water partition coefficient (Wildman–Crippen LogP) is 5.15. The molecule has 11 nitrogen and oxygen atoms in total. The second kappa shape index (κ2) is 11.8. The molecule has 0 spiro atoms. The highest BCUT2D eigenvalue weighted by molar-refractivity contribution is 5.72. The molecule has 0 amide bonds. The van der Waals surface area contributed by atoms with Crippen LogP contribution in [0.25, 0.3) is 0 Å². The zero-order valence-corrected chi connectivity index (χ0v) is 26.2. The third-order valence-electron chi connectivity index (χ3n) is 9.27. The number of para-hydroxylation sites is 2. The Morgan fingerprint density at radius 1 is 0.875 bits per heavy atom. The Morgan fingerprint density at radius 2 is 1.50 bits per heavy atom. The van der Waals surface area contributed by atoms with Crippen molar-refractivity contribution in [3.63, 3.8) is 0 Å². The molecule has 0 radical (unpaired) electrons. The largest absolute Gasteiger partial charge is 0.497 e. The zero-order valence-electron chi connectivity index (χ0n) is 26.2. The second-order valence-electron chi connectivity index (χ2n) is 12.0. The van der Waals surface area contributed by atoms with Gasteiger partial charge in [-0.25, -0.2) is 4.79 Å². The number of nitrogens with zero attached hydrogens (tertiary/aromatic N) is 2. The number of aliphatic hydroxyl groups is 1. The van der Waals surface area contributed by atoms with Gasteiger partial charge in [-0.1, -0.05) is 66.7 Å². The lowest BCUT2D eigenvalue weighted by Crippen LogP contribution is -2.48. The van der Waals surface area contributed by atoms with Gasteiger partial charge in [0.2, 0.25) is 0 Å². The summed E-state index contributed by atoms with van der Waals surface area (Å²) in [6.45, 7) is -0.0172. The summed E-state index contributed by atoms with van der Waals surface area (Å²) in [6.07, 6.45) is -1.39. The fourth-order valence-corrected chi connectivity index (χ4v) is 6.75. The number of fused-ring (bicyclic) bond motifs is 4. The van der Waals surface area contributed by atoms with Crippen LogP contribution in [0.2, 0.25) is 0 Å². The molecule has 4 atom stereocenters. The summed E-state index contributed by atoms with van der Waals surface area (Å²) in [5, 5.41) is 14.8. The number of anilines is 2. The Labute approximate surface area is 276 Å². The van der Waals surface area contributed by atoms with Crippen molar-refractivity contribution in [1.29, 1.82) is 0 Å². The monoisotopic (exact) mass is 647 g/mol. The molecule has 2 N–H and O–H groups in total. The Kier molecular flexibility index (Phi) is 7.41. The number of aromatic nitrogens is 2. The van der Waals surface area contributed by atoms with Crippen LogP contribution in [0.3, 0.4) is 0 Å². The minimum Gasteiger partial charge on any atom is -0.497 e. The molecule has 8 rings (SSSR count). The highest BCUT2D eigenvalue weighted by atomic mass is 16.7. The average Bonchev–Trinajstić information content (AvgIpc) is 3.60. The van der Waals surface area contributed by atoms with Crippen LogP contribution >= 0.6 is 0 Å². The van der Waals surface area contributed by atoms with Crippen LogP contribution in [0.4, 0.5) is 11.5 Å². The maximum absolute atomic E-state index is 13.3. The van der Waals surface area contributed by atoms with Gasteiger partial charge in [-0.2, -0.15) is 4.98 Å². The van der Waals surface area contributed by atoms with Gasteiger partial charge in [0, 0.05) is 0 Å². The number of nitrogens with one attached hydrogen (secondary N) is 1. The van der Waals surface area contributed by atoms with E-state index in [0.29, 0.717) is 34.5 Å². The zero-order chi connectivity index (χ0) is 32.9. The molecule has 1 aromatic heterocycles. The normalized spacial score (nSPS) is 22.3. The molecular formula is C37H33N3O8. The van der Waals surface area contributed by atoms with Crippen LogP contribution in [0.15, 0.2) is 114 Å². The van der Waals surface area contributed by atoms with Gasteiger partial charge in [-0.3, -0.25) is 4.57 Å². The molecule has 3 aliphatic rings. The lowest BCUT2D eigenvalue weighted by molar-refractivity contribution is -0.204. The van der Waals surface area contributed by atoms with Gasteiger partial charge >= 0.3 is 5.69 Å². The first-order valence-corrected chi connectivity index (χ1v) is 15.6. The summed E-state index contributed by atoms with van der Waals surface area (Å²) in [5.74, 6) is 2.64. The van der Waals surface area contributed by atoms with Gasteiger partial charge in [0.15, 0.2) is 23.5 Å². The van der Waals surface area contributed by atoms with Crippen molar-refractivity contribution in [2.75, 3.05) is 32.8 Å². The van der Waals surface area contributed by atoms with Gasteiger partial charge in [-0.05, 0) is 53.1 Å². The molecule has 0 saturated carbocycles. The van der Waals surface area contributed by atoms with Crippen molar-refractivity contribution in [3.05, 3.63) is 136 Å². The van der Waals surface area contributed by atoms with Gasteiger partial charge < -0.3 is 38.8 Å². The maximum Gasteiger partial charge on any atom is 0.351 e. The van der Waals surface area contributed by atoms with Crippen molar-refractivity contribution in [2.45, 2.75) is 29.6 Å². The Hall–Kier alpha value is -5.20. The third-order valence-corrected chi connectivity index (χ3v) is 9.27. The molecule has 0 unspecified atom stereocenters. The number of ether oxygens (including phenoxy) is 6. The summed E-state index contributed by atoms with van der Waals surface area (Å²) in [6, 6.07) is 32.6. The van der Waals surface area contributed by atoms with E-state index in [0.717, 1.165) is 16.7 Å². The number of methoxy groups -OCH3 is 2. The number of hydrogen-bond donors (Lipinski definition) is 2. The third kappa shape index (κ3) is 4.82. The van der Waals surface area contributed by atoms with Crippen molar-refractivity contribution < 1.29 is 33.5 Å². The first kappa shape index (κ1) is 30.2. The Balaban J connectivity index is 1.16. The van der Waals surface area contributed by atoms with Crippen LogP contribution in [-0.2, 0) is 19.8 Å². The van der Waals surface area contributed by atoms with E-state index in [1.165, 1.54) is 10.8 Å². The number of benzene rings is 4. The number of rotatable bonds is 9. The lowest BCUT2D eigenvalue weighted by atomic mass is 9.79. The van der Waals surface area contributed by atoms with Crippen molar-refractivity contribution in [2.24, 2.45) is 0 Å². The highest BCUT2D eigenvalue weighted by Gasteiger charge is 2.63. The molecule has 2 saturated heterocycles. The topological polar surface area (TPSA) is 123 Å². The van der Waals surface area contributed by atoms with E-state index in [1.807, 2.05) is 103 Å². The molecular weight excluding hydrogens is 614 g/mol. The van der Waals surface area contributed by atoms with E-state index in [-0.39, 0.29) is 13.2 Å². The van der Waals surface area contributed by atoms with Gasteiger partial charge in [0.25, 0.3) is 0 Å². The molecule has 5 aromatic rings. The van der Waals surface area contributed by atoms with E-state index in [1.54, 1.807) is 14.2 Å². The van der Waals surface area contributed by atoms with Gasteiger partial charge in [0.1, 0.15) is 34.9 Å². The quantitative estimate of drug-likeness (QED) is 0.204. The van der Waals surface area contributed by atoms with Crippen molar-refractivity contribution >= 4 is 11.5 Å². The van der Waals surface area contributed by atoms with Gasteiger partial charge in [-0.15, -0.1) is 0 Å². The van der Waals surface area contributed by atoms with E-state index in [4.69, 9.17) is 28.4 Å². The lowest BCUT2D eigenvalue weighted by Gasteiger charge is -2.39. The number of aliphatic hydroxyl groups excluding tert-OH is 1. The summed E-state index contributed by atoms with van der Waals surface area (Å²) in [4.78, 5) is 17.6. The summed E-state index contributed by atoms with van der Waals surface area (Å²) >= 11 is 0. The SMILES string of the molecule is COc1ccc(C(OC[C@@]23CO[C@@H]([C@H](n4cc5c(nc4=O)Nc4ccccc4O5)O2)[C@@H]3O)(c2ccccc2)c2ccc(OC)cc2)cc1. The van der Waals surface area contributed by atoms with E-state index >= 15 is 0 Å². The standard InChI is InChI=1S/C37H33N3O8/c1-43-26-16-12-24(13-17-26)37(23-8-4-3-5-9-23,25-14-18-27(44-2)19-15-25)46-22-36-21-45-31(32(36)41)34(48-36)40-20-30-33(39-35(40)42)38-28-10-6-7-11-29(28)47-30/h3-20,31-32,34,41H,21-22H2,1-2H3,(H,38,39,42)/t31-,32+,34-,36-/m1/s1. The van der Waals surface area contributed by atoms with Crippen LogP contribution in [0.5, 0.6) is 23.0 Å². The molecule has 2 bridgehead atoms.